The van der Waals surface area contributed by atoms with Gasteiger partial charge in [0.1, 0.15) is 5.75 Å². The minimum atomic E-state index is -0.491. The van der Waals surface area contributed by atoms with Gasteiger partial charge in [0.25, 0.3) is 11.6 Å². The third-order valence-corrected chi connectivity index (χ3v) is 3.88. The third kappa shape index (κ3) is 6.34. The number of hydrogen-bond donors (Lipinski definition) is 2. The summed E-state index contributed by atoms with van der Waals surface area (Å²) < 4.78 is 5.45. The van der Waals surface area contributed by atoms with Crippen molar-refractivity contribution in [2.75, 3.05) is 11.9 Å². The zero-order chi connectivity index (χ0) is 20.0. The standard InChI is InChI=1S/C19H21N3O4S/c1-19(2,3)13-4-10-16(11-5-13)26-12-17(23)21-18(27)20-14-6-8-15(9-7-14)22(24)25/h4-11H,12H2,1-3H3,(H2,20,21,23,27). The minimum absolute atomic E-state index is 0.0265. The van der Waals surface area contributed by atoms with Gasteiger partial charge in [-0.2, -0.15) is 0 Å². The van der Waals surface area contributed by atoms with Gasteiger partial charge in [-0.05, 0) is 47.5 Å². The molecule has 0 radical (unpaired) electrons. The molecule has 7 nitrogen and oxygen atoms in total. The van der Waals surface area contributed by atoms with Gasteiger partial charge in [0.05, 0.1) is 4.92 Å². The van der Waals surface area contributed by atoms with Crippen LogP contribution in [0.5, 0.6) is 5.75 Å². The Labute approximate surface area is 162 Å². The smallest absolute Gasteiger partial charge is 0.269 e. The van der Waals surface area contributed by atoms with E-state index < -0.39 is 10.8 Å². The number of carbonyl (C=O) groups is 1. The van der Waals surface area contributed by atoms with E-state index in [9.17, 15) is 14.9 Å². The van der Waals surface area contributed by atoms with Gasteiger partial charge in [-0.15, -0.1) is 0 Å². The lowest BCUT2D eigenvalue weighted by molar-refractivity contribution is -0.384. The molecule has 0 saturated heterocycles. The molecule has 2 N–H and O–H groups in total. The van der Waals surface area contributed by atoms with Crippen molar-refractivity contribution in [1.82, 2.24) is 5.32 Å². The van der Waals surface area contributed by atoms with E-state index in [1.165, 1.54) is 29.8 Å². The van der Waals surface area contributed by atoms with Gasteiger partial charge in [0, 0.05) is 17.8 Å². The van der Waals surface area contributed by atoms with Gasteiger partial charge < -0.3 is 10.1 Å². The minimum Gasteiger partial charge on any atom is -0.484 e. The fourth-order valence-corrected chi connectivity index (χ4v) is 2.42. The van der Waals surface area contributed by atoms with Crippen LogP contribution in [-0.4, -0.2) is 22.5 Å². The van der Waals surface area contributed by atoms with E-state index in [2.05, 4.69) is 31.4 Å². The summed E-state index contributed by atoms with van der Waals surface area (Å²) in [4.78, 5) is 22.1. The summed E-state index contributed by atoms with van der Waals surface area (Å²) in [7, 11) is 0. The predicted molar refractivity (Wildman–Crippen MR) is 108 cm³/mol. The van der Waals surface area contributed by atoms with Gasteiger partial charge in [0.15, 0.2) is 11.7 Å². The second-order valence-corrected chi connectivity index (χ2v) is 7.28. The number of nitro benzene ring substituents is 1. The van der Waals surface area contributed by atoms with Crippen molar-refractivity contribution in [2.45, 2.75) is 26.2 Å². The highest BCUT2D eigenvalue weighted by molar-refractivity contribution is 7.80. The Morgan fingerprint density at radius 2 is 1.70 bits per heavy atom. The van der Waals surface area contributed by atoms with Crippen molar-refractivity contribution in [3.05, 3.63) is 64.2 Å². The number of hydrogen-bond acceptors (Lipinski definition) is 5. The molecule has 27 heavy (non-hydrogen) atoms. The summed E-state index contributed by atoms with van der Waals surface area (Å²) in [6.45, 7) is 6.18. The Hall–Kier alpha value is -3.00. The number of nitro groups is 1. The molecule has 8 heteroatoms. The number of non-ortho nitro benzene ring substituents is 1. The highest BCUT2D eigenvalue weighted by Crippen LogP contribution is 2.24. The molecular formula is C19H21N3O4S. The van der Waals surface area contributed by atoms with Crippen LogP contribution in [0, 0.1) is 10.1 Å². The Morgan fingerprint density at radius 1 is 1.11 bits per heavy atom. The molecule has 2 aromatic rings. The SMILES string of the molecule is CC(C)(C)c1ccc(OCC(=O)NC(=S)Nc2ccc([N+](=O)[O-])cc2)cc1. The summed E-state index contributed by atoms with van der Waals surface area (Å²) in [6.07, 6.45) is 0. The van der Waals surface area contributed by atoms with Crippen LogP contribution in [0.3, 0.4) is 0 Å². The zero-order valence-electron chi connectivity index (χ0n) is 15.3. The van der Waals surface area contributed by atoms with Crippen LogP contribution in [0.4, 0.5) is 11.4 Å². The van der Waals surface area contributed by atoms with Crippen LogP contribution in [0.1, 0.15) is 26.3 Å². The monoisotopic (exact) mass is 387 g/mol. The number of carbonyl (C=O) groups excluding carboxylic acids is 1. The molecule has 0 bridgehead atoms. The molecule has 0 spiro atoms. The Morgan fingerprint density at radius 3 is 2.22 bits per heavy atom. The van der Waals surface area contributed by atoms with Crippen LogP contribution in [0.25, 0.3) is 0 Å². The van der Waals surface area contributed by atoms with Gasteiger partial charge in [-0.1, -0.05) is 32.9 Å². The van der Waals surface area contributed by atoms with E-state index in [-0.39, 0.29) is 22.8 Å². The molecule has 0 aliphatic heterocycles. The molecule has 0 saturated carbocycles. The fourth-order valence-electron chi connectivity index (χ4n) is 2.19. The lowest BCUT2D eigenvalue weighted by Crippen LogP contribution is -2.37. The van der Waals surface area contributed by atoms with Crippen LogP contribution in [0.2, 0.25) is 0 Å². The van der Waals surface area contributed by atoms with E-state index in [1.54, 1.807) is 0 Å². The maximum atomic E-state index is 11.9. The molecule has 0 aliphatic rings. The van der Waals surface area contributed by atoms with Gasteiger partial charge in [0.2, 0.25) is 0 Å². The molecule has 0 heterocycles. The maximum Gasteiger partial charge on any atom is 0.269 e. The number of benzene rings is 2. The number of nitrogens with one attached hydrogen (secondary N) is 2. The average Bonchev–Trinajstić information content (AvgIpc) is 2.60. The number of anilines is 1. The molecule has 2 rings (SSSR count). The molecule has 0 fully saturated rings. The number of amides is 1. The maximum absolute atomic E-state index is 11.9. The number of ether oxygens (including phenoxy) is 1. The predicted octanol–water partition coefficient (Wildman–Crippen LogP) is 3.78. The normalized spacial score (nSPS) is 10.8. The molecule has 0 aliphatic carbocycles. The summed E-state index contributed by atoms with van der Waals surface area (Å²) in [5.41, 5.74) is 1.73. The number of nitrogens with zero attached hydrogens (tertiary/aromatic N) is 1. The summed E-state index contributed by atoms with van der Waals surface area (Å²) in [6, 6.07) is 13.3. The second kappa shape index (κ2) is 8.59. The third-order valence-electron chi connectivity index (χ3n) is 3.68. The summed E-state index contributed by atoms with van der Waals surface area (Å²) >= 11 is 5.05. The van der Waals surface area contributed by atoms with Crippen molar-refractivity contribution in [1.29, 1.82) is 0 Å². The first-order valence-corrected chi connectivity index (χ1v) is 8.64. The molecule has 2 aromatic carbocycles. The molecular weight excluding hydrogens is 366 g/mol. The van der Waals surface area contributed by atoms with Crippen LogP contribution in [0.15, 0.2) is 48.5 Å². The van der Waals surface area contributed by atoms with Crippen molar-refractivity contribution in [3.8, 4) is 5.75 Å². The van der Waals surface area contributed by atoms with Crippen LogP contribution < -0.4 is 15.4 Å². The van der Waals surface area contributed by atoms with Crippen molar-refractivity contribution < 1.29 is 14.5 Å². The highest BCUT2D eigenvalue weighted by Gasteiger charge is 2.13. The first kappa shape index (κ1) is 20.3. The zero-order valence-corrected chi connectivity index (χ0v) is 16.1. The molecule has 0 unspecified atom stereocenters. The molecule has 0 atom stereocenters. The quantitative estimate of drug-likeness (QED) is 0.461. The lowest BCUT2D eigenvalue weighted by Gasteiger charge is -2.19. The topological polar surface area (TPSA) is 93.5 Å². The summed E-state index contributed by atoms with van der Waals surface area (Å²) in [5, 5.41) is 16.0. The van der Waals surface area contributed by atoms with Crippen LogP contribution in [-0.2, 0) is 10.2 Å². The fraction of sp³-hybridized carbons (Fsp3) is 0.263. The Balaban J connectivity index is 1.81. The Kier molecular flexibility index (Phi) is 6.46. The first-order valence-electron chi connectivity index (χ1n) is 8.24. The highest BCUT2D eigenvalue weighted by atomic mass is 32.1. The largest absolute Gasteiger partial charge is 0.484 e. The van der Waals surface area contributed by atoms with Gasteiger partial charge in [-0.3, -0.25) is 20.2 Å². The van der Waals surface area contributed by atoms with E-state index in [0.29, 0.717) is 11.4 Å². The summed E-state index contributed by atoms with van der Waals surface area (Å²) in [5.74, 6) is 0.182. The lowest BCUT2D eigenvalue weighted by atomic mass is 9.87. The average molecular weight is 387 g/mol. The number of rotatable bonds is 5. The van der Waals surface area contributed by atoms with Crippen molar-refractivity contribution >= 4 is 34.6 Å². The molecule has 142 valence electrons. The molecule has 1 amide bonds. The van der Waals surface area contributed by atoms with E-state index in [0.717, 1.165) is 0 Å². The second-order valence-electron chi connectivity index (χ2n) is 6.87. The van der Waals surface area contributed by atoms with Crippen LogP contribution >= 0.6 is 12.2 Å². The molecule has 0 aromatic heterocycles. The number of thiocarbonyl (C=S) groups is 1. The Bertz CT molecular complexity index is 828. The van der Waals surface area contributed by atoms with Gasteiger partial charge in [-0.25, -0.2) is 0 Å². The van der Waals surface area contributed by atoms with E-state index >= 15 is 0 Å². The van der Waals surface area contributed by atoms with E-state index in [1.807, 2.05) is 24.3 Å². The van der Waals surface area contributed by atoms with Crippen molar-refractivity contribution in [2.24, 2.45) is 0 Å². The van der Waals surface area contributed by atoms with Crippen molar-refractivity contribution in [3.63, 3.8) is 0 Å². The van der Waals surface area contributed by atoms with E-state index in [4.69, 9.17) is 17.0 Å². The van der Waals surface area contributed by atoms with Gasteiger partial charge >= 0.3 is 0 Å². The first-order chi connectivity index (χ1) is 12.6.